The Morgan fingerprint density at radius 2 is 2.08 bits per heavy atom. The highest BCUT2D eigenvalue weighted by atomic mass is 16.5. The third kappa shape index (κ3) is 2.05. The van der Waals surface area contributed by atoms with Crippen molar-refractivity contribution in [3.63, 3.8) is 0 Å². The first-order valence-corrected chi connectivity index (χ1v) is 4.07. The molecular formula is C8H13N3O2. The molecule has 0 aliphatic rings. The lowest BCUT2D eigenvalue weighted by atomic mass is 10.2. The molecule has 1 aromatic rings. The van der Waals surface area contributed by atoms with Gasteiger partial charge in [-0.25, -0.2) is 0 Å². The minimum Gasteiger partial charge on any atom is -0.341 e. The zero-order valence-electron chi connectivity index (χ0n) is 8.24. The SMILES string of the molecule is CC(C)c1noc(C(=O)N(C)C)n1. The molecule has 0 saturated heterocycles. The standard InChI is InChI=1S/C8H13N3O2/c1-5(2)6-9-7(13-10-6)8(12)11(3)4/h5H,1-4H3. The summed E-state index contributed by atoms with van der Waals surface area (Å²) in [5.41, 5.74) is 0. The molecule has 0 unspecified atom stereocenters. The van der Waals surface area contributed by atoms with E-state index in [1.165, 1.54) is 4.90 Å². The molecule has 13 heavy (non-hydrogen) atoms. The van der Waals surface area contributed by atoms with E-state index in [1.807, 2.05) is 13.8 Å². The fourth-order valence-electron chi connectivity index (χ4n) is 0.748. The molecule has 0 atom stereocenters. The predicted molar refractivity (Wildman–Crippen MR) is 46.4 cm³/mol. The third-order valence-corrected chi connectivity index (χ3v) is 1.55. The summed E-state index contributed by atoms with van der Waals surface area (Å²) in [4.78, 5) is 16.7. The van der Waals surface area contributed by atoms with Gasteiger partial charge in [0, 0.05) is 20.0 Å². The van der Waals surface area contributed by atoms with Crippen molar-refractivity contribution in [3.05, 3.63) is 11.7 Å². The Morgan fingerprint density at radius 3 is 2.46 bits per heavy atom. The van der Waals surface area contributed by atoms with Crippen LogP contribution in [-0.2, 0) is 0 Å². The van der Waals surface area contributed by atoms with Gasteiger partial charge in [0.2, 0.25) is 0 Å². The van der Waals surface area contributed by atoms with Gasteiger partial charge in [-0.05, 0) is 0 Å². The third-order valence-electron chi connectivity index (χ3n) is 1.55. The van der Waals surface area contributed by atoms with Gasteiger partial charge in [0.15, 0.2) is 5.82 Å². The molecular weight excluding hydrogens is 170 g/mol. The second-order valence-corrected chi connectivity index (χ2v) is 3.31. The molecule has 0 aromatic carbocycles. The van der Waals surface area contributed by atoms with E-state index < -0.39 is 0 Å². The molecule has 0 saturated carbocycles. The molecule has 1 aromatic heterocycles. The first kappa shape index (κ1) is 9.70. The van der Waals surface area contributed by atoms with E-state index in [0.29, 0.717) is 5.82 Å². The van der Waals surface area contributed by atoms with Crippen LogP contribution in [0.2, 0.25) is 0 Å². The molecule has 1 heterocycles. The zero-order chi connectivity index (χ0) is 10.0. The van der Waals surface area contributed by atoms with Crippen LogP contribution in [-0.4, -0.2) is 35.0 Å². The van der Waals surface area contributed by atoms with Gasteiger partial charge in [0.25, 0.3) is 0 Å². The maximum absolute atomic E-state index is 11.3. The van der Waals surface area contributed by atoms with Crippen LogP contribution in [0, 0.1) is 0 Å². The number of hydrogen-bond acceptors (Lipinski definition) is 4. The number of rotatable bonds is 2. The minimum absolute atomic E-state index is 0.0497. The topological polar surface area (TPSA) is 59.2 Å². The van der Waals surface area contributed by atoms with E-state index in [-0.39, 0.29) is 17.7 Å². The summed E-state index contributed by atoms with van der Waals surface area (Å²) in [6.45, 7) is 3.88. The van der Waals surface area contributed by atoms with Crippen molar-refractivity contribution in [3.8, 4) is 0 Å². The quantitative estimate of drug-likeness (QED) is 0.683. The monoisotopic (exact) mass is 183 g/mol. The van der Waals surface area contributed by atoms with Crippen molar-refractivity contribution < 1.29 is 9.32 Å². The van der Waals surface area contributed by atoms with Gasteiger partial charge in [-0.3, -0.25) is 4.79 Å². The Hall–Kier alpha value is -1.39. The summed E-state index contributed by atoms with van der Waals surface area (Å²) in [6.07, 6.45) is 0. The van der Waals surface area contributed by atoms with E-state index >= 15 is 0 Å². The van der Waals surface area contributed by atoms with E-state index in [4.69, 9.17) is 4.52 Å². The summed E-state index contributed by atoms with van der Waals surface area (Å²) in [6, 6.07) is 0. The molecule has 0 bridgehead atoms. The highest BCUT2D eigenvalue weighted by Crippen LogP contribution is 2.09. The van der Waals surface area contributed by atoms with Crippen molar-refractivity contribution in [1.82, 2.24) is 15.0 Å². The summed E-state index contributed by atoms with van der Waals surface area (Å²) < 4.78 is 4.80. The molecule has 0 spiro atoms. The molecule has 0 radical (unpaired) electrons. The number of amides is 1. The summed E-state index contributed by atoms with van der Waals surface area (Å²) in [7, 11) is 3.28. The Balaban J connectivity index is 2.86. The summed E-state index contributed by atoms with van der Waals surface area (Å²) >= 11 is 0. The Labute approximate surface area is 76.7 Å². The number of carbonyl (C=O) groups excluding carboxylic acids is 1. The van der Waals surface area contributed by atoms with Crippen LogP contribution in [0.3, 0.4) is 0 Å². The van der Waals surface area contributed by atoms with Crippen LogP contribution < -0.4 is 0 Å². The lowest BCUT2D eigenvalue weighted by molar-refractivity contribution is 0.0779. The fourth-order valence-corrected chi connectivity index (χ4v) is 0.748. The average molecular weight is 183 g/mol. The molecule has 0 aliphatic carbocycles. The second kappa shape index (κ2) is 3.55. The van der Waals surface area contributed by atoms with Crippen LogP contribution in [0.15, 0.2) is 4.52 Å². The normalized spacial score (nSPS) is 10.5. The van der Waals surface area contributed by atoms with Crippen LogP contribution in [0.5, 0.6) is 0 Å². The maximum atomic E-state index is 11.3. The average Bonchev–Trinajstić information content (AvgIpc) is 2.50. The largest absolute Gasteiger partial charge is 0.341 e. The molecule has 72 valence electrons. The van der Waals surface area contributed by atoms with E-state index in [2.05, 4.69) is 10.1 Å². The lowest BCUT2D eigenvalue weighted by Crippen LogP contribution is -2.22. The lowest BCUT2D eigenvalue weighted by Gasteiger charge is -2.04. The van der Waals surface area contributed by atoms with Crippen molar-refractivity contribution in [2.24, 2.45) is 0 Å². The number of aromatic nitrogens is 2. The Kier molecular flexibility index (Phi) is 2.65. The van der Waals surface area contributed by atoms with Crippen LogP contribution >= 0.6 is 0 Å². The van der Waals surface area contributed by atoms with Crippen molar-refractivity contribution in [2.45, 2.75) is 19.8 Å². The van der Waals surface area contributed by atoms with E-state index in [0.717, 1.165) is 0 Å². The fraction of sp³-hybridized carbons (Fsp3) is 0.625. The number of carbonyl (C=O) groups is 1. The van der Waals surface area contributed by atoms with E-state index in [1.54, 1.807) is 14.1 Å². The summed E-state index contributed by atoms with van der Waals surface area (Å²) in [5, 5.41) is 3.69. The molecule has 1 rings (SSSR count). The molecule has 0 fully saturated rings. The first-order valence-electron chi connectivity index (χ1n) is 4.07. The molecule has 5 nitrogen and oxygen atoms in total. The van der Waals surface area contributed by atoms with E-state index in [9.17, 15) is 4.79 Å². The van der Waals surface area contributed by atoms with Gasteiger partial charge in [-0.1, -0.05) is 19.0 Å². The molecule has 0 aliphatic heterocycles. The maximum Gasteiger partial charge on any atom is 0.316 e. The van der Waals surface area contributed by atoms with Crippen molar-refractivity contribution in [1.29, 1.82) is 0 Å². The van der Waals surface area contributed by atoms with Gasteiger partial charge in [0.1, 0.15) is 0 Å². The van der Waals surface area contributed by atoms with Crippen molar-refractivity contribution >= 4 is 5.91 Å². The predicted octanol–water partition coefficient (Wildman–Crippen LogP) is 0.895. The van der Waals surface area contributed by atoms with Gasteiger partial charge in [-0.2, -0.15) is 4.98 Å². The minimum atomic E-state index is -0.264. The second-order valence-electron chi connectivity index (χ2n) is 3.31. The summed E-state index contributed by atoms with van der Waals surface area (Å²) in [5.74, 6) is 0.519. The number of hydrogen-bond donors (Lipinski definition) is 0. The highest BCUT2D eigenvalue weighted by molar-refractivity contribution is 5.89. The van der Waals surface area contributed by atoms with Gasteiger partial charge < -0.3 is 9.42 Å². The smallest absolute Gasteiger partial charge is 0.316 e. The Morgan fingerprint density at radius 1 is 1.46 bits per heavy atom. The highest BCUT2D eigenvalue weighted by Gasteiger charge is 2.17. The van der Waals surface area contributed by atoms with Crippen molar-refractivity contribution in [2.75, 3.05) is 14.1 Å². The van der Waals surface area contributed by atoms with Crippen LogP contribution in [0.4, 0.5) is 0 Å². The van der Waals surface area contributed by atoms with Gasteiger partial charge in [-0.15, -0.1) is 0 Å². The molecule has 0 N–H and O–H groups in total. The number of nitrogens with zero attached hydrogens (tertiary/aromatic N) is 3. The first-order chi connectivity index (χ1) is 6.02. The zero-order valence-corrected chi connectivity index (χ0v) is 8.24. The van der Waals surface area contributed by atoms with Gasteiger partial charge >= 0.3 is 11.8 Å². The Bertz CT molecular complexity index is 304. The van der Waals surface area contributed by atoms with Crippen LogP contribution in [0.25, 0.3) is 0 Å². The van der Waals surface area contributed by atoms with Crippen LogP contribution in [0.1, 0.15) is 36.3 Å². The molecule has 5 heteroatoms. The molecule has 1 amide bonds. The van der Waals surface area contributed by atoms with Gasteiger partial charge in [0.05, 0.1) is 0 Å².